The Balaban J connectivity index is 2.69. The molecule has 0 radical (unpaired) electrons. The van der Waals surface area contributed by atoms with Crippen LogP contribution in [0.5, 0.6) is 5.75 Å². The van der Waals surface area contributed by atoms with Gasteiger partial charge in [-0.3, -0.25) is 0 Å². The topological polar surface area (TPSA) is 9.23 Å². The first kappa shape index (κ1) is 8.85. The van der Waals surface area contributed by atoms with Gasteiger partial charge in [0.2, 0.25) is 0 Å². The Bertz CT molecular complexity index is 276. The summed E-state index contributed by atoms with van der Waals surface area (Å²) in [6.45, 7) is 7.85. The minimum absolute atomic E-state index is 0.806. The van der Waals surface area contributed by atoms with Crippen LogP contribution >= 0.6 is 0 Å². The second kappa shape index (κ2) is 3.96. The van der Waals surface area contributed by atoms with E-state index < -0.39 is 0 Å². The summed E-state index contributed by atoms with van der Waals surface area (Å²) in [5, 5.41) is 0. The van der Waals surface area contributed by atoms with Crippen molar-refractivity contribution in [2.45, 2.75) is 20.3 Å². The molecule has 0 unspecified atom stereocenters. The molecule has 0 aliphatic heterocycles. The van der Waals surface area contributed by atoms with E-state index >= 15 is 0 Å². The van der Waals surface area contributed by atoms with Crippen LogP contribution in [0.15, 0.2) is 36.6 Å². The van der Waals surface area contributed by atoms with Crippen molar-refractivity contribution < 1.29 is 4.74 Å². The Hall–Kier alpha value is -1.24. The van der Waals surface area contributed by atoms with Crippen molar-refractivity contribution in [1.29, 1.82) is 0 Å². The average Bonchev–Trinajstić information content (AvgIpc) is 2.04. The molecule has 0 aliphatic rings. The molecule has 1 aromatic rings. The van der Waals surface area contributed by atoms with Crippen molar-refractivity contribution in [3.63, 3.8) is 0 Å². The summed E-state index contributed by atoms with van der Waals surface area (Å²) in [7, 11) is 0. The summed E-state index contributed by atoms with van der Waals surface area (Å²) in [6, 6.07) is 7.96. The van der Waals surface area contributed by atoms with Gasteiger partial charge in [-0.25, -0.2) is 0 Å². The lowest BCUT2D eigenvalue weighted by molar-refractivity contribution is 0.412. The smallest absolute Gasteiger partial charge is 0.127 e. The van der Waals surface area contributed by atoms with Crippen LogP contribution in [0.3, 0.4) is 0 Å². The van der Waals surface area contributed by atoms with Gasteiger partial charge >= 0.3 is 0 Å². The Morgan fingerprint density at radius 3 is 2.83 bits per heavy atom. The van der Waals surface area contributed by atoms with Gasteiger partial charge in [-0.1, -0.05) is 25.6 Å². The highest BCUT2D eigenvalue weighted by atomic mass is 16.5. The van der Waals surface area contributed by atoms with Crippen molar-refractivity contribution in [1.82, 2.24) is 0 Å². The first-order valence-electron chi connectivity index (χ1n) is 4.14. The van der Waals surface area contributed by atoms with Crippen molar-refractivity contribution in [3.05, 3.63) is 42.2 Å². The fraction of sp³-hybridized carbons (Fsp3) is 0.273. The van der Waals surface area contributed by atoms with Gasteiger partial charge < -0.3 is 4.74 Å². The highest BCUT2D eigenvalue weighted by molar-refractivity contribution is 5.28. The minimum atomic E-state index is 0.806. The number of benzene rings is 1. The molecule has 0 spiro atoms. The lowest BCUT2D eigenvalue weighted by Gasteiger charge is -2.06. The van der Waals surface area contributed by atoms with Crippen molar-refractivity contribution in [3.8, 4) is 5.75 Å². The first-order valence-corrected chi connectivity index (χ1v) is 4.14. The second-order valence-electron chi connectivity index (χ2n) is 2.81. The van der Waals surface area contributed by atoms with E-state index in [2.05, 4.69) is 6.58 Å². The Labute approximate surface area is 73.7 Å². The minimum Gasteiger partial charge on any atom is -0.462 e. The number of allylic oxidation sites excluding steroid dienone is 1. The van der Waals surface area contributed by atoms with Crippen molar-refractivity contribution in [2.24, 2.45) is 0 Å². The molecule has 12 heavy (non-hydrogen) atoms. The van der Waals surface area contributed by atoms with Gasteiger partial charge in [0.05, 0.1) is 5.76 Å². The van der Waals surface area contributed by atoms with E-state index in [0.29, 0.717) is 0 Å². The molecule has 0 fully saturated rings. The maximum atomic E-state index is 5.45. The molecular formula is C11H14O. The Morgan fingerprint density at radius 2 is 2.25 bits per heavy atom. The Morgan fingerprint density at radius 1 is 1.50 bits per heavy atom. The van der Waals surface area contributed by atoms with Crippen LogP contribution in [-0.2, 0) is 0 Å². The molecular weight excluding hydrogens is 148 g/mol. The van der Waals surface area contributed by atoms with E-state index in [4.69, 9.17) is 4.74 Å². The largest absolute Gasteiger partial charge is 0.462 e. The number of hydrogen-bond acceptors (Lipinski definition) is 1. The zero-order valence-corrected chi connectivity index (χ0v) is 7.63. The van der Waals surface area contributed by atoms with Crippen molar-refractivity contribution in [2.75, 3.05) is 0 Å². The zero-order chi connectivity index (χ0) is 8.97. The molecule has 0 bridgehead atoms. The maximum absolute atomic E-state index is 5.45. The SMILES string of the molecule is C=C(CC)Oc1cccc(C)c1. The summed E-state index contributed by atoms with van der Waals surface area (Å²) in [5.41, 5.74) is 1.21. The van der Waals surface area contributed by atoms with E-state index in [1.807, 2.05) is 38.1 Å². The fourth-order valence-electron chi connectivity index (χ4n) is 0.918. The van der Waals surface area contributed by atoms with Gasteiger partial charge in [0, 0.05) is 6.42 Å². The van der Waals surface area contributed by atoms with Gasteiger partial charge in [-0.15, -0.1) is 0 Å². The third kappa shape index (κ3) is 2.42. The molecule has 64 valence electrons. The third-order valence-electron chi connectivity index (χ3n) is 1.65. The summed E-state index contributed by atoms with van der Waals surface area (Å²) >= 11 is 0. The zero-order valence-electron chi connectivity index (χ0n) is 7.63. The lowest BCUT2D eigenvalue weighted by atomic mass is 10.2. The summed E-state index contributed by atoms with van der Waals surface area (Å²) in [6.07, 6.45) is 0.855. The first-order chi connectivity index (χ1) is 5.72. The van der Waals surface area contributed by atoms with Crippen LogP contribution in [0.4, 0.5) is 0 Å². The van der Waals surface area contributed by atoms with Crippen LogP contribution in [0.2, 0.25) is 0 Å². The monoisotopic (exact) mass is 162 g/mol. The summed E-state index contributed by atoms with van der Waals surface area (Å²) in [4.78, 5) is 0. The van der Waals surface area contributed by atoms with E-state index in [1.54, 1.807) is 0 Å². The fourth-order valence-corrected chi connectivity index (χ4v) is 0.918. The molecule has 1 aromatic carbocycles. The molecule has 0 atom stereocenters. The molecule has 1 nitrogen and oxygen atoms in total. The molecule has 0 aliphatic carbocycles. The number of rotatable bonds is 3. The van der Waals surface area contributed by atoms with Crippen LogP contribution in [0, 0.1) is 6.92 Å². The molecule has 0 heterocycles. The van der Waals surface area contributed by atoms with E-state index in [9.17, 15) is 0 Å². The highest BCUT2D eigenvalue weighted by Gasteiger charge is 1.94. The van der Waals surface area contributed by atoms with Gasteiger partial charge in [0.1, 0.15) is 5.75 Å². The van der Waals surface area contributed by atoms with Crippen LogP contribution in [0.1, 0.15) is 18.9 Å². The summed E-state index contributed by atoms with van der Waals surface area (Å²) in [5.74, 6) is 1.68. The van der Waals surface area contributed by atoms with E-state index in [0.717, 1.165) is 17.9 Å². The summed E-state index contributed by atoms with van der Waals surface area (Å²) < 4.78 is 5.45. The van der Waals surface area contributed by atoms with E-state index in [1.165, 1.54) is 5.56 Å². The van der Waals surface area contributed by atoms with E-state index in [-0.39, 0.29) is 0 Å². The molecule has 1 rings (SSSR count). The quantitative estimate of drug-likeness (QED) is 0.619. The Kier molecular flexibility index (Phi) is 2.92. The molecule has 0 amide bonds. The second-order valence-corrected chi connectivity index (χ2v) is 2.81. The maximum Gasteiger partial charge on any atom is 0.127 e. The van der Waals surface area contributed by atoms with Gasteiger partial charge in [0.15, 0.2) is 0 Å². The number of ether oxygens (including phenoxy) is 1. The molecule has 0 N–H and O–H groups in total. The molecule has 0 saturated heterocycles. The predicted molar refractivity (Wildman–Crippen MR) is 51.2 cm³/mol. The number of aryl methyl sites for hydroxylation is 1. The normalized spacial score (nSPS) is 9.50. The predicted octanol–water partition coefficient (Wildman–Crippen LogP) is 3.30. The molecule has 1 heteroatoms. The number of hydrogen-bond donors (Lipinski definition) is 0. The molecule has 0 saturated carbocycles. The van der Waals surface area contributed by atoms with Gasteiger partial charge in [-0.05, 0) is 24.6 Å². The lowest BCUT2D eigenvalue weighted by Crippen LogP contribution is -1.91. The average molecular weight is 162 g/mol. The molecule has 0 aromatic heterocycles. The van der Waals surface area contributed by atoms with Crippen LogP contribution < -0.4 is 4.74 Å². The highest BCUT2D eigenvalue weighted by Crippen LogP contribution is 2.15. The third-order valence-corrected chi connectivity index (χ3v) is 1.65. The van der Waals surface area contributed by atoms with Crippen molar-refractivity contribution >= 4 is 0 Å². The van der Waals surface area contributed by atoms with Crippen LogP contribution in [-0.4, -0.2) is 0 Å². The van der Waals surface area contributed by atoms with Crippen LogP contribution in [0.25, 0.3) is 0 Å². The van der Waals surface area contributed by atoms with Gasteiger partial charge in [0.25, 0.3) is 0 Å². The van der Waals surface area contributed by atoms with Gasteiger partial charge in [-0.2, -0.15) is 0 Å². The standard InChI is InChI=1S/C11H14O/c1-4-10(3)12-11-7-5-6-9(2)8-11/h5-8H,3-4H2,1-2H3.